The van der Waals surface area contributed by atoms with Crippen LogP contribution in [0.3, 0.4) is 0 Å². The van der Waals surface area contributed by atoms with Gasteiger partial charge >= 0.3 is 0 Å². The van der Waals surface area contributed by atoms with E-state index in [4.69, 9.17) is 0 Å². The molecule has 0 atom stereocenters. The fourth-order valence-electron chi connectivity index (χ4n) is 2.33. The van der Waals surface area contributed by atoms with Crippen LogP contribution in [-0.2, 0) is 10.0 Å². The van der Waals surface area contributed by atoms with Gasteiger partial charge in [-0.1, -0.05) is 6.92 Å². The molecule has 2 rings (SSSR count). The number of rotatable bonds is 3. The Bertz CT molecular complexity index is 377. The van der Waals surface area contributed by atoms with E-state index in [9.17, 15) is 17.2 Å². The molecule has 0 aromatic heterocycles. The first-order valence-corrected chi connectivity index (χ1v) is 7.00. The molecule has 1 spiro atoms. The second-order valence-electron chi connectivity index (χ2n) is 4.67. The van der Waals surface area contributed by atoms with Gasteiger partial charge in [-0.3, -0.25) is 0 Å². The first-order valence-electron chi connectivity index (χ1n) is 5.39. The van der Waals surface area contributed by atoms with Gasteiger partial charge in [0.2, 0.25) is 10.0 Å². The van der Waals surface area contributed by atoms with Gasteiger partial charge in [-0.2, -0.15) is 0 Å². The van der Waals surface area contributed by atoms with E-state index in [-0.39, 0.29) is 31.9 Å². The van der Waals surface area contributed by atoms with Crippen molar-refractivity contribution in [3.8, 4) is 0 Å². The van der Waals surface area contributed by atoms with Crippen LogP contribution in [0.15, 0.2) is 0 Å². The molecule has 0 amide bonds. The highest BCUT2D eigenvalue weighted by Crippen LogP contribution is 2.47. The van der Waals surface area contributed by atoms with E-state index in [0.29, 0.717) is 6.42 Å². The molecule has 94 valence electrons. The van der Waals surface area contributed by atoms with E-state index in [1.54, 1.807) is 6.92 Å². The summed E-state index contributed by atoms with van der Waals surface area (Å²) in [5, 5.41) is 2.64. The molecule has 0 aromatic carbocycles. The van der Waals surface area contributed by atoms with Crippen LogP contribution in [0.4, 0.5) is 8.78 Å². The first-order chi connectivity index (χ1) is 7.33. The summed E-state index contributed by atoms with van der Waals surface area (Å²) in [5.74, 6) is -2.74. The predicted octanol–water partition coefficient (Wildman–Crippen LogP) is 0.267. The minimum atomic E-state index is -3.32. The summed E-state index contributed by atoms with van der Waals surface area (Å²) in [6, 6.07) is 0. The predicted molar refractivity (Wildman–Crippen MR) is 55.9 cm³/mol. The van der Waals surface area contributed by atoms with Crippen molar-refractivity contribution in [1.82, 2.24) is 9.62 Å². The molecule has 7 heteroatoms. The van der Waals surface area contributed by atoms with Crippen molar-refractivity contribution in [2.24, 2.45) is 5.41 Å². The largest absolute Gasteiger partial charge is 0.310 e. The topological polar surface area (TPSA) is 49.4 Å². The van der Waals surface area contributed by atoms with E-state index in [2.05, 4.69) is 5.32 Å². The minimum Gasteiger partial charge on any atom is -0.310 e. The van der Waals surface area contributed by atoms with Crippen LogP contribution in [0.1, 0.15) is 13.3 Å². The number of halogens is 2. The maximum atomic E-state index is 13.5. The number of nitrogens with zero attached hydrogens (tertiary/aromatic N) is 1. The zero-order valence-corrected chi connectivity index (χ0v) is 9.99. The lowest BCUT2D eigenvalue weighted by atomic mass is 9.78. The van der Waals surface area contributed by atoms with Crippen LogP contribution in [0.2, 0.25) is 0 Å². The van der Waals surface area contributed by atoms with Crippen molar-refractivity contribution >= 4 is 10.0 Å². The van der Waals surface area contributed by atoms with E-state index in [1.807, 2.05) is 0 Å². The molecule has 2 aliphatic rings. The van der Waals surface area contributed by atoms with Crippen LogP contribution >= 0.6 is 0 Å². The Morgan fingerprint density at radius 3 is 2.38 bits per heavy atom. The summed E-state index contributed by atoms with van der Waals surface area (Å²) < 4.78 is 51.4. The molecule has 0 radical (unpaired) electrons. The zero-order valence-electron chi connectivity index (χ0n) is 9.17. The summed E-state index contributed by atoms with van der Waals surface area (Å²) in [6.07, 6.45) is 0.514. The summed E-state index contributed by atoms with van der Waals surface area (Å²) in [6.45, 7) is 1.54. The average Bonchev–Trinajstić information content (AvgIpc) is 2.37. The lowest BCUT2D eigenvalue weighted by Crippen LogP contribution is -2.65. The van der Waals surface area contributed by atoms with Crippen molar-refractivity contribution < 1.29 is 17.2 Å². The van der Waals surface area contributed by atoms with Gasteiger partial charge in [0.25, 0.3) is 5.92 Å². The molecular weight excluding hydrogens is 238 g/mol. The summed E-state index contributed by atoms with van der Waals surface area (Å²) >= 11 is 0. The Morgan fingerprint density at radius 2 is 1.94 bits per heavy atom. The third kappa shape index (κ3) is 1.65. The van der Waals surface area contributed by atoms with Gasteiger partial charge in [0.1, 0.15) is 0 Å². The lowest BCUT2D eigenvalue weighted by Gasteiger charge is -2.49. The normalized spacial score (nSPS) is 28.2. The first kappa shape index (κ1) is 12.2. The highest BCUT2D eigenvalue weighted by atomic mass is 32.2. The molecule has 16 heavy (non-hydrogen) atoms. The van der Waals surface area contributed by atoms with Gasteiger partial charge in [0.15, 0.2) is 0 Å². The van der Waals surface area contributed by atoms with Gasteiger partial charge in [0.05, 0.1) is 17.7 Å². The Balaban J connectivity index is 2.05. The molecule has 2 fully saturated rings. The van der Waals surface area contributed by atoms with Crippen molar-refractivity contribution in [3.05, 3.63) is 0 Å². The molecule has 1 N–H and O–H groups in total. The third-order valence-corrected chi connectivity index (χ3v) is 5.37. The van der Waals surface area contributed by atoms with Crippen LogP contribution in [0.25, 0.3) is 0 Å². The zero-order chi connectivity index (χ0) is 12.0. The summed E-state index contributed by atoms with van der Waals surface area (Å²) in [5.41, 5.74) is -1.16. The smallest absolute Gasteiger partial charge is 0.269 e. The van der Waals surface area contributed by atoms with Crippen molar-refractivity contribution in [3.63, 3.8) is 0 Å². The molecule has 0 aromatic rings. The van der Waals surface area contributed by atoms with Crippen molar-refractivity contribution in [2.45, 2.75) is 19.3 Å². The number of sulfonamides is 1. The highest BCUT2D eigenvalue weighted by Gasteiger charge is 2.64. The van der Waals surface area contributed by atoms with Gasteiger partial charge in [0, 0.05) is 19.6 Å². The number of nitrogens with one attached hydrogen (secondary N) is 1. The van der Waals surface area contributed by atoms with E-state index in [0.717, 1.165) is 0 Å². The van der Waals surface area contributed by atoms with Gasteiger partial charge in [-0.15, -0.1) is 0 Å². The second kappa shape index (κ2) is 3.61. The maximum Gasteiger partial charge on any atom is 0.269 e. The fraction of sp³-hybridized carbons (Fsp3) is 1.00. The molecule has 0 aliphatic carbocycles. The summed E-state index contributed by atoms with van der Waals surface area (Å²) in [4.78, 5) is 0. The van der Waals surface area contributed by atoms with Crippen LogP contribution in [0.5, 0.6) is 0 Å². The molecule has 2 saturated heterocycles. The molecule has 4 nitrogen and oxygen atoms in total. The average molecular weight is 254 g/mol. The lowest BCUT2D eigenvalue weighted by molar-refractivity contribution is -0.133. The fourth-order valence-corrected chi connectivity index (χ4v) is 3.99. The Kier molecular flexibility index (Phi) is 2.75. The number of hydrogen-bond acceptors (Lipinski definition) is 3. The van der Waals surface area contributed by atoms with Crippen LogP contribution < -0.4 is 5.32 Å². The van der Waals surface area contributed by atoms with Crippen molar-refractivity contribution in [1.29, 1.82) is 0 Å². The number of alkyl halides is 2. The van der Waals surface area contributed by atoms with Gasteiger partial charge in [-0.05, 0) is 6.42 Å². The monoisotopic (exact) mass is 254 g/mol. The molecule has 2 heterocycles. The summed E-state index contributed by atoms with van der Waals surface area (Å²) in [7, 11) is -3.32. The van der Waals surface area contributed by atoms with E-state index in [1.165, 1.54) is 4.31 Å². The maximum absolute atomic E-state index is 13.5. The molecule has 0 unspecified atom stereocenters. The Labute approximate surface area is 94.0 Å². The Hall–Kier alpha value is -0.270. The van der Waals surface area contributed by atoms with Gasteiger partial charge < -0.3 is 5.32 Å². The SMILES string of the molecule is CCCS(=O)(=O)N1CC2(CNCC2(F)F)C1. The number of hydrogen-bond donors (Lipinski definition) is 1. The van der Waals surface area contributed by atoms with Gasteiger partial charge in [-0.25, -0.2) is 21.5 Å². The van der Waals surface area contributed by atoms with Crippen LogP contribution in [0, 0.1) is 5.41 Å². The van der Waals surface area contributed by atoms with Crippen molar-refractivity contribution in [2.75, 3.05) is 31.9 Å². The van der Waals surface area contributed by atoms with E-state index < -0.39 is 21.4 Å². The minimum absolute atomic E-state index is 0.0437. The standard InChI is InChI=1S/C9H16F2N2O2S/c1-2-3-16(14,15)13-6-8(7-13)4-12-5-9(8,10)11/h12H,2-7H2,1H3. The van der Waals surface area contributed by atoms with E-state index >= 15 is 0 Å². The molecule has 0 saturated carbocycles. The quantitative estimate of drug-likeness (QED) is 0.786. The Morgan fingerprint density at radius 1 is 1.31 bits per heavy atom. The molecule has 0 bridgehead atoms. The third-order valence-electron chi connectivity index (χ3n) is 3.40. The van der Waals surface area contributed by atoms with Crippen LogP contribution in [-0.4, -0.2) is 50.6 Å². The molecule has 2 aliphatic heterocycles. The second-order valence-corrected chi connectivity index (χ2v) is 6.76. The highest BCUT2D eigenvalue weighted by molar-refractivity contribution is 7.89. The molecular formula is C9H16F2N2O2S.